The smallest absolute Gasteiger partial charge is 0.323 e. The molecule has 4 atom stereocenters. The van der Waals surface area contributed by atoms with Gasteiger partial charge in [0.15, 0.2) is 0 Å². The Labute approximate surface area is 130 Å². The zero-order chi connectivity index (χ0) is 15.3. The fourth-order valence-corrected chi connectivity index (χ4v) is 4.18. The van der Waals surface area contributed by atoms with Crippen LogP contribution in [0, 0.1) is 11.8 Å². The number of rotatable bonds is 2. The molecule has 0 amide bonds. The van der Waals surface area contributed by atoms with Gasteiger partial charge in [-0.2, -0.15) is 0 Å². The van der Waals surface area contributed by atoms with Crippen LogP contribution in [0.2, 0.25) is 0 Å². The van der Waals surface area contributed by atoms with E-state index in [9.17, 15) is 14.7 Å². The molecule has 1 aromatic heterocycles. The predicted octanol–water partition coefficient (Wildman–Crippen LogP) is 0.377. The highest BCUT2D eigenvalue weighted by atomic mass is 79.9. The summed E-state index contributed by atoms with van der Waals surface area (Å²) in [6, 6.07) is 3.12. The van der Waals surface area contributed by atoms with Crippen LogP contribution in [0.4, 0.5) is 0 Å². The molecule has 21 heavy (non-hydrogen) atoms. The minimum absolute atomic E-state index is 0.0334. The number of methoxy groups -OCH3 is 1. The van der Waals surface area contributed by atoms with Gasteiger partial charge in [0.05, 0.1) is 17.6 Å². The fraction of sp³-hybridized carbons (Fsp3) is 0.571. The number of esters is 1. The molecule has 2 aliphatic rings. The van der Waals surface area contributed by atoms with Crippen molar-refractivity contribution in [2.75, 3.05) is 20.8 Å². The molecule has 7 heteroatoms. The molecule has 0 bridgehead atoms. The van der Waals surface area contributed by atoms with Crippen molar-refractivity contribution in [3.05, 3.63) is 32.7 Å². The molecular weight excluding hydrogens is 340 g/mol. The Bertz CT molecular complexity index is 644. The second-order valence-corrected chi connectivity index (χ2v) is 6.46. The Balaban J connectivity index is 2.06. The van der Waals surface area contributed by atoms with E-state index < -0.39 is 6.04 Å². The topological polar surface area (TPSA) is 71.8 Å². The molecule has 1 fully saturated rings. The van der Waals surface area contributed by atoms with Crippen molar-refractivity contribution in [3.63, 3.8) is 0 Å². The van der Waals surface area contributed by atoms with Crippen LogP contribution in [0.15, 0.2) is 21.4 Å². The summed E-state index contributed by atoms with van der Waals surface area (Å²) in [6.07, 6.45) is 0. The molecule has 0 saturated carbocycles. The number of fused-ring (bicyclic) bond motifs is 3. The molecule has 114 valence electrons. The lowest BCUT2D eigenvalue weighted by molar-refractivity contribution is -0.147. The maximum atomic E-state index is 12.2. The average Bonchev–Trinajstić information content (AvgIpc) is 2.98. The first-order valence-electron chi connectivity index (χ1n) is 6.81. The molecule has 0 aliphatic carbocycles. The number of likely N-dealkylation sites (tertiary alicyclic amines) is 1. The number of carbonyl (C=O) groups excluding carboxylic acids is 1. The minimum Gasteiger partial charge on any atom is -0.468 e. The van der Waals surface area contributed by atoms with Crippen molar-refractivity contribution in [1.29, 1.82) is 0 Å². The maximum Gasteiger partial charge on any atom is 0.323 e. The second kappa shape index (κ2) is 5.23. The highest BCUT2D eigenvalue weighted by Gasteiger charge is 2.54. The van der Waals surface area contributed by atoms with Gasteiger partial charge in [-0.1, -0.05) is 0 Å². The highest BCUT2D eigenvalue weighted by Crippen LogP contribution is 2.48. The van der Waals surface area contributed by atoms with E-state index in [1.807, 2.05) is 18.0 Å². The Kier molecular flexibility index (Phi) is 3.67. The molecule has 0 unspecified atom stereocenters. The van der Waals surface area contributed by atoms with Crippen LogP contribution in [0.25, 0.3) is 0 Å². The van der Waals surface area contributed by atoms with Crippen LogP contribution >= 0.6 is 15.9 Å². The van der Waals surface area contributed by atoms with Gasteiger partial charge in [0.2, 0.25) is 0 Å². The summed E-state index contributed by atoms with van der Waals surface area (Å²) in [7, 11) is 3.20. The number of hydrogen-bond acceptors (Lipinski definition) is 5. The van der Waals surface area contributed by atoms with E-state index in [-0.39, 0.29) is 36.0 Å². The van der Waals surface area contributed by atoms with E-state index in [2.05, 4.69) is 15.9 Å². The standard InChI is InChI=1S/C14H17BrN2O4/c1-16-11-7(8(6-18)12(16)14(20)21-2)5-17-10(11)4-3-9(15)13(17)19/h3-4,7-8,11-12,18H,5-6H2,1-2H3/t7-,8-,11+,12-/m0/s1. The first-order chi connectivity index (χ1) is 10.0. The van der Waals surface area contributed by atoms with Crippen molar-refractivity contribution in [1.82, 2.24) is 9.47 Å². The predicted molar refractivity (Wildman–Crippen MR) is 78.8 cm³/mol. The van der Waals surface area contributed by atoms with Gasteiger partial charge in [0.25, 0.3) is 5.56 Å². The largest absolute Gasteiger partial charge is 0.468 e. The van der Waals surface area contributed by atoms with Crippen LogP contribution in [0.3, 0.4) is 0 Å². The molecule has 0 aromatic carbocycles. The van der Waals surface area contributed by atoms with Crippen molar-refractivity contribution in [2.45, 2.75) is 18.6 Å². The second-order valence-electron chi connectivity index (χ2n) is 5.61. The van der Waals surface area contributed by atoms with Gasteiger partial charge in [-0.15, -0.1) is 0 Å². The summed E-state index contributed by atoms with van der Waals surface area (Å²) in [5, 5.41) is 9.72. The number of aromatic nitrogens is 1. The maximum absolute atomic E-state index is 12.2. The first kappa shape index (κ1) is 14.7. The highest BCUT2D eigenvalue weighted by molar-refractivity contribution is 9.10. The number of likely N-dealkylation sites (N-methyl/N-ethyl adjacent to an activating group) is 1. The van der Waals surface area contributed by atoms with E-state index in [1.165, 1.54) is 7.11 Å². The first-order valence-corrected chi connectivity index (χ1v) is 7.60. The Hall–Kier alpha value is -1.18. The third kappa shape index (κ3) is 1.98. The van der Waals surface area contributed by atoms with Crippen LogP contribution in [0.1, 0.15) is 11.7 Å². The molecule has 0 spiro atoms. The molecular formula is C14H17BrN2O4. The van der Waals surface area contributed by atoms with Gasteiger partial charge < -0.3 is 14.4 Å². The van der Waals surface area contributed by atoms with Gasteiger partial charge in [0.1, 0.15) is 6.04 Å². The molecule has 0 radical (unpaired) electrons. The number of ether oxygens (including phenoxy) is 1. The van der Waals surface area contributed by atoms with Gasteiger partial charge in [0, 0.05) is 30.7 Å². The summed E-state index contributed by atoms with van der Waals surface area (Å²) in [5.74, 6) is -0.534. The summed E-state index contributed by atoms with van der Waals surface area (Å²) >= 11 is 3.25. The number of aliphatic hydroxyl groups is 1. The third-order valence-electron chi connectivity index (χ3n) is 4.75. The zero-order valence-corrected chi connectivity index (χ0v) is 13.4. The van der Waals surface area contributed by atoms with Gasteiger partial charge >= 0.3 is 5.97 Å². The fourth-order valence-electron chi connectivity index (χ4n) is 3.83. The van der Waals surface area contributed by atoms with Gasteiger partial charge in [-0.25, -0.2) is 0 Å². The number of aliphatic hydroxyl groups excluding tert-OH is 1. The van der Waals surface area contributed by atoms with Crippen molar-refractivity contribution in [3.8, 4) is 0 Å². The zero-order valence-electron chi connectivity index (χ0n) is 11.8. The Morgan fingerprint density at radius 1 is 1.52 bits per heavy atom. The monoisotopic (exact) mass is 356 g/mol. The van der Waals surface area contributed by atoms with Crippen LogP contribution in [-0.4, -0.2) is 47.3 Å². The molecule has 3 rings (SSSR count). The number of nitrogens with zero attached hydrogens (tertiary/aromatic N) is 2. The lowest BCUT2D eigenvalue weighted by Crippen LogP contribution is -2.41. The minimum atomic E-state index is -0.470. The average molecular weight is 357 g/mol. The molecule has 2 aliphatic heterocycles. The number of halogens is 1. The summed E-state index contributed by atoms with van der Waals surface area (Å²) in [6.45, 7) is 0.413. The molecule has 1 aromatic rings. The van der Waals surface area contributed by atoms with E-state index in [1.54, 1.807) is 10.6 Å². The Morgan fingerprint density at radius 3 is 2.86 bits per heavy atom. The molecule has 1 N–H and O–H groups in total. The van der Waals surface area contributed by atoms with E-state index >= 15 is 0 Å². The quantitative estimate of drug-likeness (QED) is 0.775. The third-order valence-corrected chi connectivity index (χ3v) is 5.35. The van der Waals surface area contributed by atoms with Crippen LogP contribution in [-0.2, 0) is 16.1 Å². The van der Waals surface area contributed by atoms with Gasteiger partial charge in [-0.3, -0.25) is 14.5 Å². The Morgan fingerprint density at radius 2 is 2.24 bits per heavy atom. The van der Waals surface area contributed by atoms with Crippen molar-refractivity contribution >= 4 is 21.9 Å². The molecule has 1 saturated heterocycles. The van der Waals surface area contributed by atoms with Crippen molar-refractivity contribution < 1.29 is 14.6 Å². The van der Waals surface area contributed by atoms with E-state index in [4.69, 9.17) is 4.74 Å². The van der Waals surface area contributed by atoms with E-state index in [0.29, 0.717) is 11.0 Å². The van der Waals surface area contributed by atoms with Gasteiger partial charge in [-0.05, 0) is 35.1 Å². The lowest BCUT2D eigenvalue weighted by Gasteiger charge is -2.25. The number of hydrogen-bond donors (Lipinski definition) is 1. The van der Waals surface area contributed by atoms with Crippen LogP contribution in [0.5, 0.6) is 0 Å². The number of pyridine rings is 1. The van der Waals surface area contributed by atoms with Crippen LogP contribution < -0.4 is 5.56 Å². The van der Waals surface area contributed by atoms with Crippen molar-refractivity contribution in [2.24, 2.45) is 11.8 Å². The normalized spacial score (nSPS) is 31.0. The molecule has 6 nitrogen and oxygen atoms in total. The molecule has 3 heterocycles. The lowest BCUT2D eigenvalue weighted by atomic mass is 9.88. The summed E-state index contributed by atoms with van der Waals surface area (Å²) < 4.78 is 7.12. The summed E-state index contributed by atoms with van der Waals surface area (Å²) in [5.41, 5.74) is 0.821. The summed E-state index contributed by atoms with van der Waals surface area (Å²) in [4.78, 5) is 26.1. The SMILES string of the molecule is COC(=O)[C@@H]1[C@@H](CO)[C@@H]2Cn3c(ccc(Br)c3=O)[C@@H]2N1C. The number of carbonyl (C=O) groups is 1. The van der Waals surface area contributed by atoms with E-state index in [0.717, 1.165) is 5.69 Å².